The molecule has 4 atom stereocenters. The van der Waals surface area contributed by atoms with Crippen LogP contribution in [-0.2, 0) is 9.47 Å². The smallest absolute Gasteiger partial charge is 0.317 e. The van der Waals surface area contributed by atoms with Crippen molar-refractivity contribution in [1.82, 2.24) is 10.2 Å². The van der Waals surface area contributed by atoms with Crippen LogP contribution >= 0.6 is 11.6 Å². The van der Waals surface area contributed by atoms with E-state index >= 15 is 0 Å². The van der Waals surface area contributed by atoms with Gasteiger partial charge in [0, 0.05) is 49.8 Å². The Hall–Kier alpha value is -1.34. The largest absolute Gasteiger partial charge is 0.381 e. The zero-order chi connectivity index (χ0) is 22.2. The van der Waals surface area contributed by atoms with Gasteiger partial charge in [0.1, 0.15) is 0 Å². The Morgan fingerprint density at radius 3 is 2.90 bits per heavy atom. The Morgan fingerprint density at radius 1 is 1.35 bits per heavy atom. The molecule has 0 spiro atoms. The molecule has 0 saturated carbocycles. The van der Waals surface area contributed by atoms with E-state index in [0.717, 1.165) is 57.4 Å². The summed E-state index contributed by atoms with van der Waals surface area (Å²) in [6.07, 6.45) is 5.15. The fourth-order valence-electron chi connectivity index (χ4n) is 4.72. The third kappa shape index (κ3) is 7.63. The molecule has 0 aliphatic carbocycles. The molecule has 2 saturated heterocycles. The van der Waals surface area contributed by atoms with Crippen LogP contribution in [-0.4, -0.2) is 55.9 Å². The van der Waals surface area contributed by atoms with Crippen molar-refractivity contribution in [2.75, 3.05) is 32.8 Å². The molecule has 2 aliphatic heterocycles. The summed E-state index contributed by atoms with van der Waals surface area (Å²) >= 11 is 6.23. The van der Waals surface area contributed by atoms with Crippen molar-refractivity contribution < 1.29 is 14.3 Å². The Labute approximate surface area is 191 Å². The number of carbonyl (C=O) groups excluding carboxylic acids is 1. The van der Waals surface area contributed by atoms with Gasteiger partial charge in [0.05, 0.1) is 12.2 Å². The van der Waals surface area contributed by atoms with E-state index in [4.69, 9.17) is 26.8 Å². The Kier molecular flexibility index (Phi) is 9.45. The third-order valence-electron chi connectivity index (χ3n) is 6.18. The summed E-state index contributed by atoms with van der Waals surface area (Å²) < 4.78 is 11.8. The predicted molar refractivity (Wildman–Crippen MR) is 124 cm³/mol. The first-order valence-corrected chi connectivity index (χ1v) is 12.1. The Bertz CT molecular complexity index is 696. The number of nitrogens with zero attached hydrogens (tertiary/aromatic N) is 1. The van der Waals surface area contributed by atoms with Crippen molar-refractivity contribution in [1.29, 1.82) is 0 Å². The first-order valence-electron chi connectivity index (χ1n) is 11.7. The molecule has 1 aromatic rings. The number of rotatable bonds is 8. The minimum atomic E-state index is -0.0807. The molecular weight excluding hydrogens is 414 g/mol. The van der Waals surface area contributed by atoms with E-state index in [0.29, 0.717) is 24.0 Å². The van der Waals surface area contributed by atoms with E-state index in [9.17, 15) is 4.79 Å². The summed E-state index contributed by atoms with van der Waals surface area (Å²) in [4.78, 5) is 14.8. The molecule has 3 N–H and O–H groups in total. The molecule has 2 amide bonds. The number of benzene rings is 1. The number of hydrogen-bond acceptors (Lipinski definition) is 4. The van der Waals surface area contributed by atoms with Crippen LogP contribution in [0.5, 0.6) is 0 Å². The molecule has 2 fully saturated rings. The standard InChI is InChI=1S/C24H38ClN3O3/c1-17(2)31-23(19-7-3-9-21(25)13-19)20-8-4-10-28(15-20)24(29)27-14-22(26)12-18-6-5-11-30-16-18/h3,7,9,13,17-18,20,22-23H,4-6,8,10-12,14-16,26H2,1-2H3,(H,27,29)/t18-,20-,22-,23?/m1/s1. The monoisotopic (exact) mass is 451 g/mol. The van der Waals surface area contributed by atoms with Gasteiger partial charge >= 0.3 is 6.03 Å². The van der Waals surface area contributed by atoms with Gasteiger partial charge in [-0.3, -0.25) is 0 Å². The maximum Gasteiger partial charge on any atom is 0.317 e. The molecule has 174 valence electrons. The van der Waals surface area contributed by atoms with E-state index in [1.807, 2.05) is 36.9 Å². The number of hydrogen-bond donors (Lipinski definition) is 2. The Morgan fingerprint density at radius 2 is 2.19 bits per heavy atom. The summed E-state index contributed by atoms with van der Waals surface area (Å²) in [6.45, 7) is 7.66. The number of ether oxygens (including phenoxy) is 2. The quantitative estimate of drug-likeness (QED) is 0.615. The van der Waals surface area contributed by atoms with E-state index in [-0.39, 0.29) is 30.2 Å². The van der Waals surface area contributed by atoms with Gasteiger partial charge in [-0.15, -0.1) is 0 Å². The zero-order valence-electron chi connectivity index (χ0n) is 18.9. The van der Waals surface area contributed by atoms with Crippen molar-refractivity contribution in [3.8, 4) is 0 Å². The summed E-state index contributed by atoms with van der Waals surface area (Å²) in [5.74, 6) is 0.736. The normalized spacial score (nSPS) is 24.1. The van der Waals surface area contributed by atoms with E-state index < -0.39 is 0 Å². The maximum absolute atomic E-state index is 12.8. The number of nitrogens with one attached hydrogen (secondary N) is 1. The summed E-state index contributed by atoms with van der Waals surface area (Å²) in [5, 5.41) is 3.76. The van der Waals surface area contributed by atoms with Crippen LogP contribution in [0.15, 0.2) is 24.3 Å². The average molecular weight is 452 g/mol. The summed E-state index contributed by atoms with van der Waals surface area (Å²) in [5.41, 5.74) is 7.36. The molecule has 0 aromatic heterocycles. The van der Waals surface area contributed by atoms with E-state index in [1.165, 1.54) is 0 Å². The number of likely N-dealkylation sites (tertiary alicyclic amines) is 1. The number of amides is 2. The molecule has 0 bridgehead atoms. The molecule has 31 heavy (non-hydrogen) atoms. The van der Waals surface area contributed by atoms with Crippen molar-refractivity contribution in [2.24, 2.45) is 17.6 Å². The van der Waals surface area contributed by atoms with E-state index in [2.05, 4.69) is 11.4 Å². The molecule has 3 rings (SSSR count). The maximum atomic E-state index is 12.8. The minimum absolute atomic E-state index is 0.0329. The van der Waals surface area contributed by atoms with Gasteiger partial charge in [0.15, 0.2) is 0 Å². The van der Waals surface area contributed by atoms with Crippen molar-refractivity contribution in [3.63, 3.8) is 0 Å². The van der Waals surface area contributed by atoms with Gasteiger partial charge < -0.3 is 25.4 Å². The predicted octanol–water partition coefficient (Wildman–Crippen LogP) is 4.37. The molecule has 6 nitrogen and oxygen atoms in total. The lowest BCUT2D eigenvalue weighted by Gasteiger charge is -2.38. The van der Waals surface area contributed by atoms with Crippen LogP contribution in [0.25, 0.3) is 0 Å². The first kappa shape index (κ1) is 24.3. The number of piperidine rings is 1. The zero-order valence-corrected chi connectivity index (χ0v) is 19.7. The topological polar surface area (TPSA) is 76.8 Å². The summed E-state index contributed by atoms with van der Waals surface area (Å²) in [7, 11) is 0. The lowest BCUT2D eigenvalue weighted by molar-refractivity contribution is -0.0433. The van der Waals surface area contributed by atoms with Gasteiger partial charge in [-0.25, -0.2) is 4.79 Å². The van der Waals surface area contributed by atoms with Crippen molar-refractivity contribution >= 4 is 17.6 Å². The van der Waals surface area contributed by atoms with Crippen molar-refractivity contribution in [3.05, 3.63) is 34.9 Å². The molecule has 1 aromatic carbocycles. The van der Waals surface area contributed by atoms with Gasteiger partial charge in [-0.2, -0.15) is 0 Å². The van der Waals surface area contributed by atoms with Crippen LogP contribution in [0.1, 0.15) is 57.6 Å². The van der Waals surface area contributed by atoms with Gasteiger partial charge in [-0.1, -0.05) is 23.7 Å². The SMILES string of the molecule is CC(C)OC(c1cccc(Cl)c1)[C@@H]1CCCN(C(=O)NC[C@H](N)C[C@H]2CCCOC2)C1. The van der Waals surface area contributed by atoms with Crippen LogP contribution < -0.4 is 11.1 Å². The first-order chi connectivity index (χ1) is 14.9. The number of carbonyl (C=O) groups is 1. The second-order valence-electron chi connectivity index (χ2n) is 9.27. The highest BCUT2D eigenvalue weighted by Crippen LogP contribution is 2.34. The fourth-order valence-corrected chi connectivity index (χ4v) is 4.91. The molecule has 2 aliphatic rings. The molecule has 1 unspecified atom stereocenters. The highest BCUT2D eigenvalue weighted by molar-refractivity contribution is 6.30. The van der Waals surface area contributed by atoms with Gasteiger partial charge in [0.2, 0.25) is 0 Å². The molecule has 7 heteroatoms. The lowest BCUT2D eigenvalue weighted by Crippen LogP contribution is -2.49. The van der Waals surface area contributed by atoms with Crippen LogP contribution in [0.3, 0.4) is 0 Å². The molecule has 2 heterocycles. The Balaban J connectivity index is 1.54. The van der Waals surface area contributed by atoms with Crippen LogP contribution in [0.2, 0.25) is 5.02 Å². The number of halogens is 1. The number of urea groups is 1. The molecular formula is C24H38ClN3O3. The van der Waals surface area contributed by atoms with Gasteiger partial charge in [0.25, 0.3) is 0 Å². The highest BCUT2D eigenvalue weighted by Gasteiger charge is 2.32. The fraction of sp³-hybridized carbons (Fsp3) is 0.708. The lowest BCUT2D eigenvalue weighted by atomic mass is 9.88. The third-order valence-corrected chi connectivity index (χ3v) is 6.41. The number of nitrogens with two attached hydrogens (primary N) is 1. The summed E-state index contributed by atoms with van der Waals surface area (Å²) in [6, 6.07) is 7.79. The van der Waals surface area contributed by atoms with Crippen LogP contribution in [0, 0.1) is 11.8 Å². The van der Waals surface area contributed by atoms with Crippen molar-refractivity contribution in [2.45, 2.75) is 64.2 Å². The average Bonchev–Trinajstić information content (AvgIpc) is 2.76. The highest BCUT2D eigenvalue weighted by atomic mass is 35.5. The van der Waals surface area contributed by atoms with Gasteiger partial charge in [-0.05, 0) is 69.6 Å². The van der Waals surface area contributed by atoms with Crippen LogP contribution in [0.4, 0.5) is 4.79 Å². The van der Waals surface area contributed by atoms with E-state index in [1.54, 1.807) is 0 Å². The minimum Gasteiger partial charge on any atom is -0.381 e. The second-order valence-corrected chi connectivity index (χ2v) is 9.71. The second kappa shape index (κ2) is 12.0. The molecule has 0 radical (unpaired) electrons.